The summed E-state index contributed by atoms with van der Waals surface area (Å²) in [5.41, 5.74) is 0.131. The fourth-order valence-electron chi connectivity index (χ4n) is 0.910. The molecule has 0 aromatic carbocycles. The zero-order chi connectivity index (χ0) is 12.1. The van der Waals surface area contributed by atoms with Crippen molar-refractivity contribution in [3.8, 4) is 0 Å². The molecule has 0 aromatic heterocycles. The molecule has 0 aliphatic carbocycles. The van der Waals surface area contributed by atoms with Crippen LogP contribution in [-0.2, 0) is 9.84 Å². The maximum Gasteiger partial charge on any atom is 0.148 e. The van der Waals surface area contributed by atoms with Gasteiger partial charge in [-0.2, -0.15) is 11.8 Å². The molecule has 15 heavy (non-hydrogen) atoms. The Balaban J connectivity index is 3.63. The first-order valence-corrected chi connectivity index (χ1v) is 8.25. The molecule has 0 spiro atoms. The van der Waals surface area contributed by atoms with Crippen LogP contribution in [0.15, 0.2) is 0 Å². The van der Waals surface area contributed by atoms with E-state index in [1.807, 2.05) is 0 Å². The highest BCUT2D eigenvalue weighted by atomic mass is 32.2. The Hall–Kier alpha value is 0.260. The minimum absolute atomic E-state index is 0.131. The molecular weight excluding hydrogens is 230 g/mol. The van der Waals surface area contributed by atoms with Gasteiger partial charge >= 0.3 is 0 Å². The Kier molecular flexibility index (Phi) is 6.21. The Morgan fingerprint density at radius 1 is 1.33 bits per heavy atom. The molecule has 0 heterocycles. The van der Waals surface area contributed by atoms with E-state index in [0.717, 1.165) is 6.54 Å². The number of sulfone groups is 1. The van der Waals surface area contributed by atoms with Gasteiger partial charge in [-0.05, 0) is 20.8 Å². The van der Waals surface area contributed by atoms with E-state index < -0.39 is 9.84 Å². The van der Waals surface area contributed by atoms with E-state index in [4.69, 9.17) is 0 Å². The SMILES string of the molecule is CC(CNC(C)(C)C)SCCS(C)(=O)=O. The Labute approximate surface area is 98.3 Å². The van der Waals surface area contributed by atoms with E-state index in [1.165, 1.54) is 6.26 Å². The lowest BCUT2D eigenvalue weighted by atomic mass is 10.1. The van der Waals surface area contributed by atoms with Crippen molar-refractivity contribution >= 4 is 21.6 Å². The predicted molar refractivity (Wildman–Crippen MR) is 69.4 cm³/mol. The quantitative estimate of drug-likeness (QED) is 0.780. The maximum absolute atomic E-state index is 10.9. The highest BCUT2D eigenvalue weighted by molar-refractivity contribution is 8.01. The first-order chi connectivity index (χ1) is 6.60. The van der Waals surface area contributed by atoms with Gasteiger partial charge in [0, 0.05) is 29.3 Å². The molecule has 0 aliphatic heterocycles. The van der Waals surface area contributed by atoms with Gasteiger partial charge in [0.1, 0.15) is 9.84 Å². The summed E-state index contributed by atoms with van der Waals surface area (Å²) in [6.07, 6.45) is 1.28. The van der Waals surface area contributed by atoms with Crippen LogP contribution in [0.2, 0.25) is 0 Å². The summed E-state index contributed by atoms with van der Waals surface area (Å²) < 4.78 is 21.8. The molecule has 0 saturated heterocycles. The van der Waals surface area contributed by atoms with Crippen molar-refractivity contribution in [3.05, 3.63) is 0 Å². The van der Waals surface area contributed by atoms with Gasteiger partial charge in [0.05, 0.1) is 5.75 Å². The molecule has 0 aromatic rings. The first-order valence-electron chi connectivity index (χ1n) is 5.14. The lowest BCUT2D eigenvalue weighted by Crippen LogP contribution is -2.39. The largest absolute Gasteiger partial charge is 0.311 e. The number of rotatable bonds is 6. The van der Waals surface area contributed by atoms with Crippen molar-refractivity contribution in [2.75, 3.05) is 24.3 Å². The summed E-state index contributed by atoms with van der Waals surface area (Å²) in [6.45, 7) is 9.41. The summed E-state index contributed by atoms with van der Waals surface area (Å²) in [5, 5.41) is 3.85. The van der Waals surface area contributed by atoms with E-state index in [2.05, 4.69) is 33.0 Å². The summed E-state index contributed by atoms with van der Waals surface area (Å²) in [5.74, 6) is 0.962. The summed E-state index contributed by atoms with van der Waals surface area (Å²) >= 11 is 1.70. The molecule has 0 amide bonds. The number of hydrogen-bond donors (Lipinski definition) is 1. The molecule has 3 nitrogen and oxygen atoms in total. The van der Waals surface area contributed by atoms with Crippen molar-refractivity contribution in [2.24, 2.45) is 0 Å². The normalized spacial score (nSPS) is 15.3. The lowest BCUT2D eigenvalue weighted by molar-refractivity contribution is 0.429. The zero-order valence-electron chi connectivity index (χ0n) is 10.3. The average Bonchev–Trinajstić information content (AvgIpc) is 1.97. The van der Waals surface area contributed by atoms with Gasteiger partial charge in [0.2, 0.25) is 0 Å². The van der Waals surface area contributed by atoms with Gasteiger partial charge < -0.3 is 5.32 Å². The van der Waals surface area contributed by atoms with Crippen molar-refractivity contribution in [1.82, 2.24) is 5.32 Å². The Bertz CT molecular complexity index is 268. The minimum atomic E-state index is -2.80. The van der Waals surface area contributed by atoms with Crippen molar-refractivity contribution in [3.63, 3.8) is 0 Å². The van der Waals surface area contributed by atoms with Crippen molar-refractivity contribution < 1.29 is 8.42 Å². The van der Waals surface area contributed by atoms with Gasteiger partial charge in [0.25, 0.3) is 0 Å². The minimum Gasteiger partial charge on any atom is -0.311 e. The fourth-order valence-corrected chi connectivity index (χ4v) is 3.11. The van der Waals surface area contributed by atoms with E-state index >= 15 is 0 Å². The number of thioether (sulfide) groups is 1. The van der Waals surface area contributed by atoms with Crippen LogP contribution in [0.5, 0.6) is 0 Å². The van der Waals surface area contributed by atoms with Crippen LogP contribution in [0.1, 0.15) is 27.7 Å². The van der Waals surface area contributed by atoms with E-state index in [0.29, 0.717) is 11.0 Å². The predicted octanol–water partition coefficient (Wildman–Crippen LogP) is 1.54. The summed E-state index contributed by atoms with van der Waals surface area (Å²) in [4.78, 5) is 0. The van der Waals surface area contributed by atoms with Crippen LogP contribution in [0.25, 0.3) is 0 Å². The van der Waals surface area contributed by atoms with Crippen LogP contribution in [-0.4, -0.2) is 43.5 Å². The van der Waals surface area contributed by atoms with Crippen molar-refractivity contribution in [2.45, 2.75) is 38.5 Å². The molecule has 1 atom stereocenters. The highest BCUT2D eigenvalue weighted by Gasteiger charge is 2.11. The molecular formula is C10H23NO2S2. The molecule has 0 fully saturated rings. The number of hydrogen-bond acceptors (Lipinski definition) is 4. The van der Waals surface area contributed by atoms with Crippen LogP contribution in [0.4, 0.5) is 0 Å². The molecule has 92 valence electrons. The zero-order valence-corrected chi connectivity index (χ0v) is 12.0. The lowest BCUT2D eigenvalue weighted by Gasteiger charge is -2.23. The average molecular weight is 253 g/mol. The summed E-state index contributed by atoms with van der Waals surface area (Å²) in [7, 11) is -2.80. The second-order valence-corrected chi connectivity index (χ2v) is 8.75. The van der Waals surface area contributed by atoms with Crippen LogP contribution in [0.3, 0.4) is 0 Å². The van der Waals surface area contributed by atoms with Crippen molar-refractivity contribution in [1.29, 1.82) is 0 Å². The Morgan fingerprint density at radius 2 is 1.87 bits per heavy atom. The molecule has 0 rings (SSSR count). The fraction of sp³-hybridized carbons (Fsp3) is 1.00. The molecule has 5 heteroatoms. The molecule has 1 N–H and O–H groups in total. The molecule has 0 aliphatic rings. The maximum atomic E-state index is 10.9. The smallest absolute Gasteiger partial charge is 0.148 e. The van der Waals surface area contributed by atoms with E-state index in [9.17, 15) is 8.42 Å². The van der Waals surface area contributed by atoms with Gasteiger partial charge in [0.15, 0.2) is 0 Å². The second-order valence-electron chi connectivity index (χ2n) is 4.94. The van der Waals surface area contributed by atoms with Crippen LogP contribution < -0.4 is 5.32 Å². The van der Waals surface area contributed by atoms with E-state index in [1.54, 1.807) is 11.8 Å². The van der Waals surface area contributed by atoms with Gasteiger partial charge in [-0.25, -0.2) is 8.42 Å². The first kappa shape index (κ1) is 15.3. The molecule has 0 saturated carbocycles. The van der Waals surface area contributed by atoms with Gasteiger partial charge in [-0.3, -0.25) is 0 Å². The molecule has 0 radical (unpaired) electrons. The van der Waals surface area contributed by atoms with Crippen LogP contribution >= 0.6 is 11.8 Å². The molecule has 0 bridgehead atoms. The van der Waals surface area contributed by atoms with Gasteiger partial charge in [-0.15, -0.1) is 0 Å². The standard InChI is InChI=1S/C10H23NO2S2/c1-9(8-11-10(2,3)4)14-6-7-15(5,12)13/h9,11H,6-8H2,1-5H3. The second kappa shape index (κ2) is 6.11. The highest BCUT2D eigenvalue weighted by Crippen LogP contribution is 2.11. The van der Waals surface area contributed by atoms with E-state index in [-0.39, 0.29) is 11.3 Å². The third-order valence-electron chi connectivity index (χ3n) is 1.78. The molecule has 1 unspecified atom stereocenters. The number of nitrogens with one attached hydrogen (secondary N) is 1. The Morgan fingerprint density at radius 3 is 2.27 bits per heavy atom. The third-order valence-corrected chi connectivity index (χ3v) is 4.16. The topological polar surface area (TPSA) is 46.2 Å². The monoisotopic (exact) mass is 253 g/mol. The van der Waals surface area contributed by atoms with Crippen LogP contribution in [0, 0.1) is 0 Å². The van der Waals surface area contributed by atoms with Gasteiger partial charge in [-0.1, -0.05) is 6.92 Å². The summed E-state index contributed by atoms with van der Waals surface area (Å²) in [6, 6.07) is 0. The third kappa shape index (κ3) is 12.2.